The Morgan fingerprint density at radius 2 is 1.90 bits per heavy atom. The number of hydrogen-bond acceptors (Lipinski definition) is 6. The molecule has 196 valence electrons. The fourth-order valence-electron chi connectivity index (χ4n) is 4.01. The first-order chi connectivity index (χ1) is 18.9. The monoisotopic (exact) mass is 669 g/mol. The number of carbonyl (C=O) groups excluding carboxylic acids is 2. The summed E-state index contributed by atoms with van der Waals surface area (Å²) in [6, 6.07) is 19.3. The lowest BCUT2D eigenvalue weighted by Gasteiger charge is -2.10. The molecule has 5 rings (SSSR count). The lowest BCUT2D eigenvalue weighted by molar-refractivity contribution is 0.0699. The van der Waals surface area contributed by atoms with E-state index in [1.54, 1.807) is 37.4 Å². The molecule has 0 radical (unpaired) electrons. The number of aromatic amines is 1. The summed E-state index contributed by atoms with van der Waals surface area (Å²) >= 11 is 13.3. The van der Waals surface area contributed by atoms with E-state index in [0.717, 1.165) is 5.39 Å². The maximum absolute atomic E-state index is 13.4. The van der Waals surface area contributed by atoms with E-state index in [2.05, 4.69) is 47.4 Å². The van der Waals surface area contributed by atoms with Crippen molar-refractivity contribution in [1.29, 1.82) is 0 Å². The third kappa shape index (κ3) is 5.49. The Balaban J connectivity index is 1.49. The number of amides is 1. The number of rotatable bonds is 7. The van der Waals surface area contributed by atoms with Crippen molar-refractivity contribution in [2.45, 2.75) is 0 Å². The van der Waals surface area contributed by atoms with Crippen LogP contribution in [-0.2, 0) is 0 Å². The number of H-pyrrole nitrogens is 1. The van der Waals surface area contributed by atoms with Gasteiger partial charge in [-0.1, -0.05) is 57.9 Å². The highest BCUT2D eigenvalue weighted by Gasteiger charge is 2.23. The molecule has 0 spiro atoms. The SMILES string of the molecule is COc1cccc2c(-c3ccccc3Cl)c(C(=O)NN=Cc3cc(Br)cc(Br)c3OC(=O)c3ccco3)[nH]c12. The molecule has 2 heterocycles. The van der Waals surface area contributed by atoms with Gasteiger partial charge < -0.3 is 18.9 Å². The second kappa shape index (κ2) is 11.5. The molecule has 0 unspecified atom stereocenters. The largest absolute Gasteiger partial charge is 0.495 e. The van der Waals surface area contributed by atoms with Crippen molar-refractivity contribution in [3.63, 3.8) is 0 Å². The molecule has 0 fully saturated rings. The molecule has 39 heavy (non-hydrogen) atoms. The van der Waals surface area contributed by atoms with Gasteiger partial charge in [-0.05, 0) is 52.3 Å². The number of methoxy groups -OCH3 is 1. The Kier molecular flexibility index (Phi) is 7.87. The number of hydrazone groups is 1. The van der Waals surface area contributed by atoms with E-state index in [0.29, 0.717) is 41.9 Å². The van der Waals surface area contributed by atoms with Crippen LogP contribution in [0.15, 0.2) is 91.5 Å². The number of halogens is 3. The van der Waals surface area contributed by atoms with Crippen molar-refractivity contribution in [2.24, 2.45) is 5.10 Å². The van der Waals surface area contributed by atoms with Gasteiger partial charge >= 0.3 is 5.97 Å². The lowest BCUT2D eigenvalue weighted by Crippen LogP contribution is -2.19. The number of aromatic nitrogens is 1. The number of carbonyl (C=O) groups is 2. The summed E-state index contributed by atoms with van der Waals surface area (Å²) in [7, 11) is 1.56. The van der Waals surface area contributed by atoms with E-state index in [1.165, 1.54) is 18.5 Å². The number of furan rings is 1. The normalized spacial score (nSPS) is 11.2. The Labute approximate surface area is 244 Å². The van der Waals surface area contributed by atoms with Crippen LogP contribution >= 0.6 is 43.5 Å². The van der Waals surface area contributed by atoms with Crippen LogP contribution in [0.5, 0.6) is 11.5 Å². The second-order valence-electron chi connectivity index (χ2n) is 8.11. The molecule has 8 nitrogen and oxygen atoms in total. The molecule has 5 aromatic rings. The van der Waals surface area contributed by atoms with Crippen LogP contribution in [0.4, 0.5) is 0 Å². The smallest absolute Gasteiger partial charge is 0.379 e. The van der Waals surface area contributed by atoms with E-state index in [4.69, 9.17) is 25.5 Å². The summed E-state index contributed by atoms with van der Waals surface area (Å²) in [4.78, 5) is 29.1. The first-order valence-electron chi connectivity index (χ1n) is 11.4. The fraction of sp³-hybridized carbons (Fsp3) is 0.0357. The zero-order valence-electron chi connectivity index (χ0n) is 20.1. The minimum absolute atomic E-state index is 0.0438. The highest BCUT2D eigenvalue weighted by molar-refractivity contribution is 9.11. The van der Waals surface area contributed by atoms with Crippen LogP contribution < -0.4 is 14.9 Å². The number of nitrogens with zero attached hydrogens (tertiary/aromatic N) is 1. The van der Waals surface area contributed by atoms with Gasteiger partial charge in [0.05, 0.1) is 29.6 Å². The number of fused-ring (bicyclic) bond motifs is 1. The number of para-hydroxylation sites is 1. The van der Waals surface area contributed by atoms with E-state index in [1.807, 2.05) is 30.3 Å². The number of ether oxygens (including phenoxy) is 2. The molecule has 2 N–H and O–H groups in total. The van der Waals surface area contributed by atoms with Gasteiger partial charge in [-0.25, -0.2) is 10.2 Å². The molecule has 0 atom stereocenters. The molecule has 0 bridgehead atoms. The molecular weight excluding hydrogens is 654 g/mol. The van der Waals surface area contributed by atoms with Crippen molar-refractivity contribution in [2.75, 3.05) is 7.11 Å². The molecule has 0 aliphatic carbocycles. The van der Waals surface area contributed by atoms with Crippen LogP contribution in [0.2, 0.25) is 5.02 Å². The van der Waals surface area contributed by atoms with E-state index >= 15 is 0 Å². The van der Waals surface area contributed by atoms with Gasteiger partial charge in [0, 0.05) is 31.6 Å². The molecule has 0 aliphatic rings. The Morgan fingerprint density at radius 3 is 2.64 bits per heavy atom. The van der Waals surface area contributed by atoms with E-state index in [-0.39, 0.29) is 17.2 Å². The number of esters is 1. The zero-order chi connectivity index (χ0) is 27.5. The Morgan fingerprint density at radius 1 is 1.08 bits per heavy atom. The van der Waals surface area contributed by atoms with Crippen LogP contribution in [0.1, 0.15) is 26.6 Å². The average molecular weight is 672 g/mol. The van der Waals surface area contributed by atoms with Crippen LogP contribution in [0.25, 0.3) is 22.0 Å². The topological polar surface area (TPSA) is 106 Å². The number of nitrogens with one attached hydrogen (secondary N) is 2. The molecule has 1 amide bonds. The van der Waals surface area contributed by atoms with Gasteiger partial charge in [-0.15, -0.1) is 0 Å². The van der Waals surface area contributed by atoms with Gasteiger partial charge in [-0.3, -0.25) is 4.79 Å². The molecule has 11 heteroatoms. The zero-order valence-corrected chi connectivity index (χ0v) is 24.1. The second-order valence-corrected chi connectivity index (χ2v) is 10.3. The predicted molar refractivity (Wildman–Crippen MR) is 156 cm³/mol. The lowest BCUT2D eigenvalue weighted by atomic mass is 10.0. The molecule has 3 aromatic carbocycles. The van der Waals surface area contributed by atoms with Crippen molar-refractivity contribution in [3.8, 4) is 22.6 Å². The van der Waals surface area contributed by atoms with Gasteiger partial charge in [0.15, 0.2) is 5.75 Å². The minimum atomic E-state index is -0.682. The van der Waals surface area contributed by atoms with E-state index in [9.17, 15) is 9.59 Å². The predicted octanol–water partition coefficient (Wildman–Crippen LogP) is 7.60. The van der Waals surface area contributed by atoms with Gasteiger partial charge in [-0.2, -0.15) is 5.10 Å². The maximum atomic E-state index is 13.4. The fourth-order valence-corrected chi connectivity index (χ4v) is 5.58. The van der Waals surface area contributed by atoms with E-state index < -0.39 is 11.9 Å². The Hall–Kier alpha value is -3.86. The quantitative estimate of drug-likeness (QED) is 0.0803. The summed E-state index contributed by atoms with van der Waals surface area (Å²) in [6.45, 7) is 0. The van der Waals surface area contributed by atoms with Gasteiger partial charge in [0.25, 0.3) is 5.91 Å². The minimum Gasteiger partial charge on any atom is -0.495 e. The highest BCUT2D eigenvalue weighted by Crippen LogP contribution is 2.39. The summed E-state index contributed by atoms with van der Waals surface area (Å²) in [5.41, 5.74) is 5.15. The van der Waals surface area contributed by atoms with Gasteiger partial charge in [0.2, 0.25) is 5.76 Å². The van der Waals surface area contributed by atoms with Crippen molar-refractivity contribution >= 4 is 72.5 Å². The third-order valence-electron chi connectivity index (χ3n) is 5.71. The molecule has 0 saturated carbocycles. The van der Waals surface area contributed by atoms with Crippen molar-refractivity contribution < 1.29 is 23.5 Å². The number of hydrogen-bond donors (Lipinski definition) is 2. The summed E-state index contributed by atoms with van der Waals surface area (Å²) in [6.07, 6.45) is 2.75. The maximum Gasteiger partial charge on any atom is 0.379 e. The van der Waals surface area contributed by atoms with Crippen LogP contribution in [0, 0.1) is 0 Å². The van der Waals surface area contributed by atoms with Crippen LogP contribution in [-0.4, -0.2) is 30.2 Å². The molecule has 2 aromatic heterocycles. The summed E-state index contributed by atoms with van der Waals surface area (Å²) < 4.78 is 17.3. The molecule has 0 saturated heterocycles. The molecular formula is C28H18Br2ClN3O5. The first-order valence-corrected chi connectivity index (χ1v) is 13.4. The van der Waals surface area contributed by atoms with Crippen LogP contribution in [0.3, 0.4) is 0 Å². The first kappa shape index (κ1) is 26.7. The summed E-state index contributed by atoms with van der Waals surface area (Å²) in [5.74, 6) is -0.377. The third-order valence-corrected chi connectivity index (χ3v) is 7.09. The molecule has 0 aliphatic heterocycles. The highest BCUT2D eigenvalue weighted by atomic mass is 79.9. The van der Waals surface area contributed by atoms with Crippen molar-refractivity contribution in [3.05, 3.63) is 104 Å². The Bertz CT molecular complexity index is 1730. The van der Waals surface area contributed by atoms with Gasteiger partial charge in [0.1, 0.15) is 11.4 Å². The summed E-state index contributed by atoms with van der Waals surface area (Å²) in [5, 5.41) is 5.39. The standard InChI is InChI=1S/C28H18Br2ClN3O5/c1-37-21-9-4-7-18-23(17-6-2-3-8-20(17)31)25(33-24(18)21)27(35)34-32-14-15-12-16(29)13-19(30)26(15)39-28(36)22-10-5-11-38-22/h2-14,33H,1H3,(H,34,35). The average Bonchev–Trinajstić information content (AvgIpc) is 3.59. The number of benzene rings is 3. The van der Waals surface area contributed by atoms with Crippen molar-refractivity contribution in [1.82, 2.24) is 10.4 Å².